The van der Waals surface area contributed by atoms with E-state index in [1.165, 1.54) is 6.92 Å². The molecule has 0 radical (unpaired) electrons. The van der Waals surface area contributed by atoms with Crippen LogP contribution < -0.4 is 0 Å². The largest absolute Gasteiger partial charge is 0.465 e. The van der Waals surface area contributed by atoms with Gasteiger partial charge in [-0.15, -0.1) is 0 Å². The Balaban J connectivity index is 4.90. The van der Waals surface area contributed by atoms with Crippen molar-refractivity contribution in [3.8, 4) is 0 Å². The monoisotopic (exact) mass is 340 g/mol. The molecule has 0 aromatic heterocycles. The Kier molecular flexibility index (Phi) is 8.63. The van der Waals surface area contributed by atoms with E-state index >= 15 is 0 Å². The number of ether oxygens (including phenoxy) is 2. The topological polar surface area (TPSA) is 52.6 Å². The normalized spacial score (nSPS) is 14.7. The molecule has 0 aromatic carbocycles. The molecule has 0 aliphatic rings. The number of rotatable bonds is 9. The van der Waals surface area contributed by atoms with Gasteiger partial charge in [-0.25, -0.2) is 0 Å². The maximum Gasteiger partial charge on any atom is 0.389 e. The van der Waals surface area contributed by atoms with Crippen LogP contribution in [-0.4, -0.2) is 31.3 Å². The summed E-state index contributed by atoms with van der Waals surface area (Å²) >= 11 is 0. The summed E-state index contributed by atoms with van der Waals surface area (Å²) in [6.45, 7) is 8.89. The Hall–Kier alpha value is -1.27. The molecule has 1 atom stereocenters. The van der Waals surface area contributed by atoms with Gasteiger partial charge in [0.15, 0.2) is 0 Å². The zero-order chi connectivity index (χ0) is 18.3. The first-order valence-electron chi connectivity index (χ1n) is 7.75. The molecule has 0 heterocycles. The van der Waals surface area contributed by atoms with Crippen molar-refractivity contribution in [2.75, 3.05) is 13.2 Å². The number of carbonyl (C=O) groups excluding carboxylic acids is 2. The molecule has 0 bridgehead atoms. The Morgan fingerprint density at radius 2 is 1.39 bits per heavy atom. The quantitative estimate of drug-likeness (QED) is 0.592. The summed E-state index contributed by atoms with van der Waals surface area (Å²) in [7, 11) is 0. The van der Waals surface area contributed by atoms with Gasteiger partial charge in [-0.3, -0.25) is 9.59 Å². The lowest BCUT2D eigenvalue weighted by atomic mass is 9.82. The molecule has 1 unspecified atom stereocenters. The zero-order valence-corrected chi connectivity index (χ0v) is 14.5. The minimum absolute atomic E-state index is 0.0544. The van der Waals surface area contributed by atoms with Crippen molar-refractivity contribution in [3.63, 3.8) is 0 Å². The molecule has 7 heteroatoms. The van der Waals surface area contributed by atoms with Gasteiger partial charge in [0.05, 0.1) is 25.0 Å². The molecule has 0 amide bonds. The maximum atomic E-state index is 12.5. The Morgan fingerprint density at radius 3 is 1.83 bits per heavy atom. The molecule has 4 nitrogen and oxygen atoms in total. The molecule has 0 N–H and O–H groups in total. The highest BCUT2D eigenvalue weighted by atomic mass is 19.4. The summed E-state index contributed by atoms with van der Waals surface area (Å²) in [5, 5.41) is 0. The molecule has 0 saturated heterocycles. The average molecular weight is 340 g/mol. The van der Waals surface area contributed by atoms with Gasteiger partial charge in [0.1, 0.15) is 0 Å². The minimum Gasteiger partial charge on any atom is -0.465 e. The van der Waals surface area contributed by atoms with Crippen LogP contribution in [0.1, 0.15) is 53.9 Å². The zero-order valence-electron chi connectivity index (χ0n) is 14.5. The molecule has 0 aliphatic heterocycles. The third-order valence-corrected chi connectivity index (χ3v) is 3.11. The van der Waals surface area contributed by atoms with Gasteiger partial charge in [0.2, 0.25) is 0 Å². The van der Waals surface area contributed by atoms with Crippen LogP contribution in [0.5, 0.6) is 0 Å². The van der Waals surface area contributed by atoms with Crippen LogP contribution in [0.4, 0.5) is 13.2 Å². The molecular weight excluding hydrogens is 313 g/mol. The van der Waals surface area contributed by atoms with Crippen LogP contribution in [0.3, 0.4) is 0 Å². The van der Waals surface area contributed by atoms with Crippen molar-refractivity contribution < 1.29 is 32.2 Å². The Bertz CT molecular complexity index is 391. The van der Waals surface area contributed by atoms with Gasteiger partial charge < -0.3 is 9.47 Å². The lowest BCUT2D eigenvalue weighted by molar-refractivity contribution is -0.169. The van der Waals surface area contributed by atoms with Gasteiger partial charge in [-0.05, 0) is 25.2 Å². The van der Waals surface area contributed by atoms with E-state index in [0.29, 0.717) is 0 Å². The first-order valence-corrected chi connectivity index (χ1v) is 7.75. The van der Waals surface area contributed by atoms with E-state index < -0.39 is 42.8 Å². The molecule has 0 rings (SSSR count). The van der Waals surface area contributed by atoms with Gasteiger partial charge in [0.25, 0.3) is 0 Å². The first-order chi connectivity index (χ1) is 10.4. The standard InChI is InChI=1S/C16H27F3O4/c1-11(2)9-22-13(20)8-15(5,6-7-16(17,18)19)14(21)23-10-12(3)4/h11-12H,6-10H2,1-5H3. The minimum atomic E-state index is -4.40. The Labute approximate surface area is 135 Å². The smallest absolute Gasteiger partial charge is 0.389 e. The molecule has 23 heavy (non-hydrogen) atoms. The van der Waals surface area contributed by atoms with Crippen molar-refractivity contribution in [2.24, 2.45) is 17.3 Å². The highest BCUT2D eigenvalue weighted by Gasteiger charge is 2.41. The fraction of sp³-hybridized carbons (Fsp3) is 0.875. The number of carbonyl (C=O) groups is 2. The Morgan fingerprint density at radius 1 is 0.913 bits per heavy atom. The van der Waals surface area contributed by atoms with Crippen molar-refractivity contribution in [1.29, 1.82) is 0 Å². The number of alkyl halides is 3. The summed E-state index contributed by atoms with van der Waals surface area (Å²) in [6.07, 6.45) is -6.49. The number of esters is 2. The lowest BCUT2D eigenvalue weighted by Gasteiger charge is -2.27. The van der Waals surface area contributed by atoms with Crippen LogP contribution in [0.15, 0.2) is 0 Å². The number of hydrogen-bond donors (Lipinski definition) is 0. The van der Waals surface area contributed by atoms with Crippen LogP contribution in [0.25, 0.3) is 0 Å². The predicted molar refractivity (Wildman–Crippen MR) is 79.6 cm³/mol. The fourth-order valence-electron chi connectivity index (χ4n) is 1.73. The van der Waals surface area contributed by atoms with Crippen LogP contribution in [0, 0.1) is 17.3 Å². The van der Waals surface area contributed by atoms with E-state index in [-0.39, 0.29) is 25.0 Å². The van der Waals surface area contributed by atoms with Crippen LogP contribution in [0.2, 0.25) is 0 Å². The highest BCUT2D eigenvalue weighted by molar-refractivity contribution is 5.83. The van der Waals surface area contributed by atoms with Crippen molar-refractivity contribution in [3.05, 3.63) is 0 Å². The van der Waals surface area contributed by atoms with Crippen molar-refractivity contribution in [2.45, 2.75) is 60.1 Å². The molecule has 0 aliphatic carbocycles. The third-order valence-electron chi connectivity index (χ3n) is 3.11. The van der Waals surface area contributed by atoms with Gasteiger partial charge in [0, 0.05) is 6.42 Å². The van der Waals surface area contributed by atoms with E-state index in [0.717, 1.165) is 0 Å². The molecule has 0 saturated carbocycles. The third kappa shape index (κ3) is 10.2. The highest BCUT2D eigenvalue weighted by Crippen LogP contribution is 2.35. The van der Waals surface area contributed by atoms with Crippen molar-refractivity contribution >= 4 is 11.9 Å². The summed E-state index contributed by atoms with van der Waals surface area (Å²) in [5.41, 5.74) is -1.54. The second-order valence-corrected chi connectivity index (χ2v) is 6.92. The first kappa shape index (κ1) is 21.7. The van der Waals surface area contributed by atoms with E-state index in [4.69, 9.17) is 9.47 Å². The molecule has 136 valence electrons. The van der Waals surface area contributed by atoms with Crippen LogP contribution >= 0.6 is 0 Å². The molecule has 0 aromatic rings. The maximum absolute atomic E-state index is 12.5. The average Bonchev–Trinajstić information content (AvgIpc) is 2.39. The van der Waals surface area contributed by atoms with Gasteiger partial charge >= 0.3 is 18.1 Å². The molecular formula is C16H27F3O4. The van der Waals surface area contributed by atoms with E-state index in [9.17, 15) is 22.8 Å². The summed E-state index contributed by atoms with van der Waals surface area (Å²) in [4.78, 5) is 24.0. The summed E-state index contributed by atoms with van der Waals surface area (Å²) in [5.74, 6) is -1.33. The van der Waals surface area contributed by atoms with Crippen LogP contribution in [-0.2, 0) is 19.1 Å². The number of hydrogen-bond acceptors (Lipinski definition) is 4. The van der Waals surface area contributed by atoms with Gasteiger partial charge in [-0.1, -0.05) is 27.7 Å². The number of halogens is 3. The summed E-state index contributed by atoms with van der Waals surface area (Å²) in [6, 6.07) is 0. The fourth-order valence-corrected chi connectivity index (χ4v) is 1.73. The summed E-state index contributed by atoms with van der Waals surface area (Å²) < 4.78 is 47.5. The van der Waals surface area contributed by atoms with Gasteiger partial charge in [-0.2, -0.15) is 13.2 Å². The van der Waals surface area contributed by atoms with E-state index in [2.05, 4.69) is 0 Å². The second kappa shape index (κ2) is 9.13. The molecule has 0 spiro atoms. The lowest BCUT2D eigenvalue weighted by Crippen LogP contribution is -2.35. The molecule has 0 fully saturated rings. The second-order valence-electron chi connectivity index (χ2n) is 6.92. The van der Waals surface area contributed by atoms with Crippen molar-refractivity contribution in [1.82, 2.24) is 0 Å². The SMILES string of the molecule is CC(C)COC(=O)CC(C)(CCC(F)(F)F)C(=O)OCC(C)C. The van der Waals surface area contributed by atoms with E-state index in [1.807, 2.05) is 27.7 Å². The predicted octanol–water partition coefficient (Wildman–Crippen LogP) is 4.12. The van der Waals surface area contributed by atoms with E-state index in [1.54, 1.807) is 0 Å².